The summed E-state index contributed by atoms with van der Waals surface area (Å²) in [5.41, 5.74) is 1.34. The van der Waals surface area contributed by atoms with Crippen molar-refractivity contribution >= 4 is 5.91 Å². The summed E-state index contributed by atoms with van der Waals surface area (Å²) in [6.07, 6.45) is 4.85. The number of carbonyl (C=O) groups is 1. The molecule has 1 aromatic carbocycles. The van der Waals surface area contributed by atoms with Gasteiger partial charge in [0.05, 0.1) is 25.0 Å². The molecular formula is C16H14N6O2. The molecule has 8 heteroatoms. The summed E-state index contributed by atoms with van der Waals surface area (Å²) in [6.45, 7) is 1.12. The first-order valence-corrected chi connectivity index (χ1v) is 7.49. The zero-order valence-corrected chi connectivity index (χ0v) is 12.7. The lowest BCUT2D eigenvalue weighted by Crippen LogP contribution is -2.56. The third kappa shape index (κ3) is 2.81. The van der Waals surface area contributed by atoms with E-state index in [0.29, 0.717) is 18.7 Å². The van der Waals surface area contributed by atoms with Crippen LogP contribution in [0.1, 0.15) is 10.4 Å². The third-order valence-electron chi connectivity index (χ3n) is 3.78. The van der Waals surface area contributed by atoms with Crippen molar-refractivity contribution in [3.05, 3.63) is 60.7 Å². The maximum Gasteiger partial charge on any atom is 0.254 e. The minimum absolute atomic E-state index is 0.000785. The first-order valence-electron chi connectivity index (χ1n) is 7.49. The Kier molecular flexibility index (Phi) is 3.62. The lowest BCUT2D eigenvalue weighted by molar-refractivity contribution is 0.0176. The Morgan fingerprint density at radius 1 is 1.21 bits per heavy atom. The van der Waals surface area contributed by atoms with Crippen LogP contribution in [-0.2, 0) is 0 Å². The highest BCUT2D eigenvalue weighted by Crippen LogP contribution is 2.20. The summed E-state index contributed by atoms with van der Waals surface area (Å²) < 4.78 is 7.28. The normalized spacial score (nSPS) is 14.2. The summed E-state index contributed by atoms with van der Waals surface area (Å²) in [7, 11) is 0. The van der Waals surface area contributed by atoms with Gasteiger partial charge in [0.25, 0.3) is 5.91 Å². The molecule has 1 saturated heterocycles. The minimum atomic E-state index is -0.0315. The molecule has 0 radical (unpaired) electrons. The van der Waals surface area contributed by atoms with Crippen molar-refractivity contribution in [2.75, 3.05) is 13.1 Å². The van der Waals surface area contributed by atoms with Gasteiger partial charge in [0.15, 0.2) is 0 Å². The number of nitrogens with zero attached hydrogens (tertiary/aromatic N) is 6. The SMILES string of the molecule is O=C(c1cccc(-n2cnnn2)c1)N1CC(Oc2cccnc2)C1. The lowest BCUT2D eigenvalue weighted by Gasteiger charge is -2.38. The summed E-state index contributed by atoms with van der Waals surface area (Å²) in [5, 5.41) is 11.0. The van der Waals surface area contributed by atoms with E-state index in [2.05, 4.69) is 20.5 Å². The van der Waals surface area contributed by atoms with Crippen LogP contribution in [-0.4, -0.2) is 55.2 Å². The molecule has 24 heavy (non-hydrogen) atoms. The van der Waals surface area contributed by atoms with Crippen LogP contribution in [0.4, 0.5) is 0 Å². The van der Waals surface area contributed by atoms with Gasteiger partial charge in [0.1, 0.15) is 18.2 Å². The summed E-state index contributed by atoms with van der Waals surface area (Å²) in [5.74, 6) is 0.686. The van der Waals surface area contributed by atoms with Gasteiger partial charge < -0.3 is 9.64 Å². The first kappa shape index (κ1) is 14.3. The van der Waals surface area contributed by atoms with Gasteiger partial charge >= 0.3 is 0 Å². The maximum absolute atomic E-state index is 12.5. The highest BCUT2D eigenvalue weighted by atomic mass is 16.5. The first-order chi connectivity index (χ1) is 11.8. The maximum atomic E-state index is 12.5. The molecule has 0 unspecified atom stereocenters. The van der Waals surface area contributed by atoms with E-state index in [9.17, 15) is 4.79 Å². The molecule has 4 rings (SSSR count). The molecule has 0 N–H and O–H groups in total. The van der Waals surface area contributed by atoms with Crippen molar-refractivity contribution in [1.29, 1.82) is 0 Å². The molecule has 1 aliphatic rings. The summed E-state index contributed by atoms with van der Waals surface area (Å²) in [6, 6.07) is 10.9. The number of ether oxygens (including phenoxy) is 1. The van der Waals surface area contributed by atoms with E-state index in [4.69, 9.17) is 4.74 Å². The molecule has 0 atom stereocenters. The molecule has 1 fully saturated rings. The Labute approximate surface area is 137 Å². The Morgan fingerprint density at radius 2 is 2.12 bits per heavy atom. The van der Waals surface area contributed by atoms with Gasteiger partial charge in [-0.05, 0) is 40.8 Å². The lowest BCUT2D eigenvalue weighted by atomic mass is 10.1. The Morgan fingerprint density at radius 3 is 2.88 bits per heavy atom. The van der Waals surface area contributed by atoms with E-state index in [1.54, 1.807) is 29.4 Å². The molecule has 2 aromatic heterocycles. The second kappa shape index (κ2) is 6.07. The molecule has 3 aromatic rings. The fourth-order valence-electron chi connectivity index (χ4n) is 2.53. The zero-order valence-electron chi connectivity index (χ0n) is 12.7. The molecule has 0 spiro atoms. The molecule has 1 amide bonds. The number of hydrogen-bond donors (Lipinski definition) is 0. The number of hydrogen-bond acceptors (Lipinski definition) is 6. The average molecular weight is 322 g/mol. The largest absolute Gasteiger partial charge is 0.485 e. The molecule has 120 valence electrons. The van der Waals surface area contributed by atoms with Gasteiger partial charge in [-0.1, -0.05) is 6.07 Å². The van der Waals surface area contributed by atoms with Crippen LogP contribution in [0.2, 0.25) is 0 Å². The Bertz CT molecular complexity index is 831. The topological polar surface area (TPSA) is 86.0 Å². The van der Waals surface area contributed by atoms with Crippen LogP contribution in [0.3, 0.4) is 0 Å². The number of amides is 1. The van der Waals surface area contributed by atoms with Gasteiger partial charge in [0, 0.05) is 11.8 Å². The fraction of sp³-hybridized carbons (Fsp3) is 0.188. The third-order valence-corrected chi connectivity index (χ3v) is 3.78. The van der Waals surface area contributed by atoms with E-state index in [1.807, 2.05) is 24.3 Å². The predicted octanol–water partition coefficient (Wildman–Crippen LogP) is 0.961. The number of pyridine rings is 1. The standard InChI is InChI=1S/C16H14N6O2/c23-16(12-3-1-4-13(7-12)22-11-18-19-20-22)21-9-15(10-21)24-14-5-2-6-17-8-14/h1-8,11,15H,9-10H2. The van der Waals surface area contributed by atoms with Crippen LogP contribution >= 0.6 is 0 Å². The monoisotopic (exact) mass is 322 g/mol. The molecule has 3 heterocycles. The number of likely N-dealkylation sites (tertiary alicyclic amines) is 1. The number of rotatable bonds is 4. The van der Waals surface area contributed by atoms with E-state index < -0.39 is 0 Å². The van der Waals surface area contributed by atoms with Crippen molar-refractivity contribution in [3.8, 4) is 11.4 Å². The van der Waals surface area contributed by atoms with Gasteiger partial charge in [-0.2, -0.15) is 0 Å². The summed E-state index contributed by atoms with van der Waals surface area (Å²) >= 11 is 0. The van der Waals surface area contributed by atoms with Gasteiger partial charge in [-0.25, -0.2) is 4.68 Å². The number of aromatic nitrogens is 5. The van der Waals surface area contributed by atoms with E-state index in [0.717, 1.165) is 11.4 Å². The highest BCUT2D eigenvalue weighted by Gasteiger charge is 2.32. The van der Waals surface area contributed by atoms with Gasteiger partial charge in [-0.15, -0.1) is 5.10 Å². The number of carbonyl (C=O) groups excluding carboxylic acids is 1. The van der Waals surface area contributed by atoms with Gasteiger partial charge in [-0.3, -0.25) is 9.78 Å². The van der Waals surface area contributed by atoms with E-state index >= 15 is 0 Å². The second-order valence-corrected chi connectivity index (χ2v) is 5.44. The van der Waals surface area contributed by atoms with Crippen LogP contribution in [0, 0.1) is 0 Å². The van der Waals surface area contributed by atoms with Crippen LogP contribution < -0.4 is 4.74 Å². The minimum Gasteiger partial charge on any atom is -0.485 e. The molecule has 0 aliphatic carbocycles. The quantitative estimate of drug-likeness (QED) is 0.711. The van der Waals surface area contributed by atoms with Gasteiger partial charge in [0.2, 0.25) is 0 Å². The molecular weight excluding hydrogens is 308 g/mol. The second-order valence-electron chi connectivity index (χ2n) is 5.44. The molecule has 0 bridgehead atoms. The predicted molar refractivity (Wildman–Crippen MR) is 83.7 cm³/mol. The van der Waals surface area contributed by atoms with Crippen molar-refractivity contribution in [3.63, 3.8) is 0 Å². The smallest absolute Gasteiger partial charge is 0.254 e. The van der Waals surface area contributed by atoms with Crippen LogP contribution in [0.25, 0.3) is 5.69 Å². The molecule has 1 aliphatic heterocycles. The molecule has 0 saturated carbocycles. The van der Waals surface area contributed by atoms with Crippen molar-refractivity contribution < 1.29 is 9.53 Å². The highest BCUT2D eigenvalue weighted by molar-refractivity contribution is 5.95. The average Bonchev–Trinajstić information content (AvgIpc) is 3.13. The fourth-order valence-corrected chi connectivity index (χ4v) is 2.53. The van der Waals surface area contributed by atoms with Crippen LogP contribution in [0.5, 0.6) is 5.75 Å². The molecule has 8 nitrogen and oxygen atoms in total. The number of benzene rings is 1. The van der Waals surface area contributed by atoms with Crippen molar-refractivity contribution in [1.82, 2.24) is 30.1 Å². The Hall–Kier alpha value is -3.29. The number of tetrazole rings is 1. The van der Waals surface area contributed by atoms with Crippen molar-refractivity contribution in [2.45, 2.75) is 6.10 Å². The Balaban J connectivity index is 1.40. The zero-order chi connectivity index (χ0) is 16.4. The summed E-state index contributed by atoms with van der Waals surface area (Å²) in [4.78, 5) is 18.3. The van der Waals surface area contributed by atoms with E-state index in [-0.39, 0.29) is 12.0 Å². The van der Waals surface area contributed by atoms with E-state index in [1.165, 1.54) is 11.0 Å². The van der Waals surface area contributed by atoms with Crippen LogP contribution in [0.15, 0.2) is 55.1 Å². The van der Waals surface area contributed by atoms with Crippen molar-refractivity contribution in [2.24, 2.45) is 0 Å².